The van der Waals surface area contributed by atoms with Crippen LogP contribution >= 0.6 is 39.3 Å². The fourth-order valence-electron chi connectivity index (χ4n) is 3.43. The molecule has 0 aliphatic heterocycles. The third-order valence-corrected chi connectivity index (χ3v) is 7.17. The molecule has 4 aromatic rings. The second-order valence-electron chi connectivity index (χ2n) is 8.23. The summed E-state index contributed by atoms with van der Waals surface area (Å²) in [7, 11) is 0. The fourth-order valence-corrected chi connectivity index (χ4v) is 4.63. The van der Waals surface area contributed by atoms with E-state index in [1.165, 1.54) is 11.8 Å². The highest BCUT2D eigenvalue weighted by molar-refractivity contribution is 9.10. The molecule has 0 heterocycles. The van der Waals surface area contributed by atoms with Gasteiger partial charge >= 0.3 is 0 Å². The molecule has 0 fully saturated rings. The van der Waals surface area contributed by atoms with Crippen molar-refractivity contribution in [2.24, 2.45) is 0 Å². The van der Waals surface area contributed by atoms with E-state index < -0.39 is 11.8 Å². The SMILES string of the molecule is O=C(CSc1cccc(NC(=O)/C(=C/c2ccc(Br)cc2)NC(=O)c2ccccc2)c1)Nc1ccccc1Cl. The number of para-hydroxylation sites is 1. The molecule has 4 rings (SSSR count). The lowest BCUT2D eigenvalue weighted by atomic mass is 10.1. The Labute approximate surface area is 244 Å². The maximum atomic E-state index is 13.3. The van der Waals surface area contributed by atoms with E-state index in [1.807, 2.05) is 36.4 Å². The summed E-state index contributed by atoms with van der Waals surface area (Å²) < 4.78 is 0.897. The monoisotopic (exact) mass is 619 g/mol. The Balaban J connectivity index is 1.45. The molecule has 0 aromatic heterocycles. The molecule has 196 valence electrons. The van der Waals surface area contributed by atoms with Crippen LogP contribution in [0.3, 0.4) is 0 Å². The Kier molecular flexibility index (Phi) is 9.97. The van der Waals surface area contributed by atoms with Crippen molar-refractivity contribution in [3.8, 4) is 0 Å². The summed E-state index contributed by atoms with van der Waals surface area (Å²) in [6.45, 7) is 0. The predicted molar refractivity (Wildman–Crippen MR) is 162 cm³/mol. The first-order valence-electron chi connectivity index (χ1n) is 11.8. The van der Waals surface area contributed by atoms with Gasteiger partial charge in [-0.15, -0.1) is 11.8 Å². The zero-order valence-corrected chi connectivity index (χ0v) is 23.6. The van der Waals surface area contributed by atoms with Crippen LogP contribution in [0.15, 0.2) is 118 Å². The molecule has 0 atom stereocenters. The molecule has 0 radical (unpaired) electrons. The van der Waals surface area contributed by atoms with E-state index in [4.69, 9.17) is 11.6 Å². The number of carbonyl (C=O) groups is 3. The van der Waals surface area contributed by atoms with Crippen molar-refractivity contribution in [1.29, 1.82) is 0 Å². The van der Waals surface area contributed by atoms with Gasteiger partial charge in [-0.05, 0) is 66.2 Å². The van der Waals surface area contributed by atoms with Crippen LogP contribution in [0.5, 0.6) is 0 Å². The largest absolute Gasteiger partial charge is 0.324 e. The molecule has 39 heavy (non-hydrogen) atoms. The van der Waals surface area contributed by atoms with Crippen LogP contribution in [0.2, 0.25) is 5.02 Å². The zero-order chi connectivity index (χ0) is 27.6. The van der Waals surface area contributed by atoms with E-state index in [0.29, 0.717) is 22.0 Å². The molecule has 0 unspecified atom stereocenters. The Morgan fingerprint density at radius 2 is 1.54 bits per heavy atom. The second kappa shape index (κ2) is 13.8. The van der Waals surface area contributed by atoms with E-state index in [2.05, 4.69) is 31.9 Å². The predicted octanol–water partition coefficient (Wildman–Crippen LogP) is 7.24. The molecule has 0 spiro atoms. The Morgan fingerprint density at radius 1 is 0.821 bits per heavy atom. The Morgan fingerprint density at radius 3 is 2.28 bits per heavy atom. The van der Waals surface area contributed by atoms with Crippen LogP contribution in [0.25, 0.3) is 6.08 Å². The summed E-state index contributed by atoms with van der Waals surface area (Å²) in [5.74, 6) is -0.931. The second-order valence-corrected chi connectivity index (χ2v) is 10.6. The van der Waals surface area contributed by atoms with Gasteiger partial charge in [0.05, 0.1) is 16.5 Å². The minimum Gasteiger partial charge on any atom is -0.324 e. The summed E-state index contributed by atoms with van der Waals surface area (Å²) in [6.07, 6.45) is 1.61. The molecule has 0 bridgehead atoms. The Hall–Kier alpha value is -3.85. The van der Waals surface area contributed by atoms with E-state index in [-0.39, 0.29) is 17.4 Å². The van der Waals surface area contributed by atoms with E-state index in [1.54, 1.807) is 72.8 Å². The molecule has 0 aliphatic rings. The van der Waals surface area contributed by atoms with Crippen LogP contribution in [-0.4, -0.2) is 23.5 Å². The number of carbonyl (C=O) groups excluding carboxylic acids is 3. The van der Waals surface area contributed by atoms with Gasteiger partial charge in [-0.1, -0.05) is 76.1 Å². The standard InChI is InChI=1S/C30H23BrClN3O3S/c31-22-15-13-20(14-16-22)17-27(35-29(37)21-7-2-1-3-8-21)30(38)33-23-9-6-10-24(18-23)39-19-28(36)34-26-12-5-4-11-25(26)32/h1-18H,19H2,(H,33,38)(H,34,36)(H,35,37)/b27-17-. The van der Waals surface area contributed by atoms with Gasteiger partial charge in [-0.25, -0.2) is 0 Å². The van der Waals surface area contributed by atoms with Gasteiger partial charge in [0.25, 0.3) is 11.8 Å². The van der Waals surface area contributed by atoms with Crippen LogP contribution in [0.4, 0.5) is 11.4 Å². The number of amides is 3. The highest BCUT2D eigenvalue weighted by Gasteiger charge is 2.15. The van der Waals surface area contributed by atoms with Crippen LogP contribution in [-0.2, 0) is 9.59 Å². The lowest BCUT2D eigenvalue weighted by Gasteiger charge is -2.12. The first kappa shape index (κ1) is 28.2. The van der Waals surface area contributed by atoms with Crippen LogP contribution < -0.4 is 16.0 Å². The summed E-state index contributed by atoms with van der Waals surface area (Å²) in [6, 6.07) is 30.2. The number of thioether (sulfide) groups is 1. The Bertz CT molecular complexity index is 1510. The van der Waals surface area contributed by atoms with Crippen molar-refractivity contribution in [2.75, 3.05) is 16.4 Å². The van der Waals surface area contributed by atoms with Gasteiger partial charge in [-0.2, -0.15) is 0 Å². The molecule has 0 aliphatic carbocycles. The van der Waals surface area contributed by atoms with E-state index >= 15 is 0 Å². The minimum absolute atomic E-state index is 0.0864. The number of rotatable bonds is 9. The molecular weight excluding hydrogens is 598 g/mol. The summed E-state index contributed by atoms with van der Waals surface area (Å²) in [5, 5.41) is 8.82. The number of hydrogen-bond donors (Lipinski definition) is 3. The smallest absolute Gasteiger partial charge is 0.272 e. The third kappa shape index (κ3) is 8.58. The summed E-state index contributed by atoms with van der Waals surface area (Å²) >= 11 is 10.8. The molecule has 0 saturated heterocycles. The van der Waals surface area contributed by atoms with Crippen molar-refractivity contribution < 1.29 is 14.4 Å². The number of benzene rings is 4. The van der Waals surface area contributed by atoms with Crippen LogP contribution in [0, 0.1) is 0 Å². The third-order valence-electron chi connectivity index (χ3n) is 5.32. The minimum atomic E-state index is -0.485. The van der Waals surface area contributed by atoms with Crippen molar-refractivity contribution in [2.45, 2.75) is 4.90 Å². The van der Waals surface area contributed by atoms with Gasteiger partial charge in [0, 0.05) is 20.6 Å². The van der Waals surface area contributed by atoms with Crippen molar-refractivity contribution in [3.63, 3.8) is 0 Å². The molecule has 9 heteroatoms. The topological polar surface area (TPSA) is 87.3 Å². The maximum absolute atomic E-state index is 13.3. The molecule has 4 aromatic carbocycles. The number of hydrogen-bond acceptors (Lipinski definition) is 4. The lowest BCUT2D eigenvalue weighted by Crippen LogP contribution is -2.30. The quantitative estimate of drug-likeness (QED) is 0.136. The van der Waals surface area contributed by atoms with Gasteiger partial charge in [0.1, 0.15) is 5.70 Å². The van der Waals surface area contributed by atoms with Crippen molar-refractivity contribution >= 4 is 74.5 Å². The maximum Gasteiger partial charge on any atom is 0.272 e. The van der Waals surface area contributed by atoms with Gasteiger partial charge in [-0.3, -0.25) is 14.4 Å². The van der Waals surface area contributed by atoms with Crippen molar-refractivity contribution in [1.82, 2.24) is 5.32 Å². The highest BCUT2D eigenvalue weighted by atomic mass is 79.9. The number of halogens is 2. The fraction of sp³-hybridized carbons (Fsp3) is 0.0333. The van der Waals surface area contributed by atoms with E-state index in [0.717, 1.165) is 14.9 Å². The first-order valence-corrected chi connectivity index (χ1v) is 14.0. The summed E-state index contributed by atoms with van der Waals surface area (Å²) in [4.78, 5) is 39.3. The molecule has 0 saturated carbocycles. The zero-order valence-electron chi connectivity index (χ0n) is 20.5. The molecule has 6 nitrogen and oxygen atoms in total. The summed E-state index contributed by atoms with van der Waals surface area (Å²) in [5.41, 5.74) is 2.33. The van der Waals surface area contributed by atoms with Gasteiger partial charge in [0.15, 0.2) is 0 Å². The highest BCUT2D eigenvalue weighted by Crippen LogP contribution is 2.24. The average molecular weight is 621 g/mol. The lowest BCUT2D eigenvalue weighted by molar-refractivity contribution is -0.114. The van der Waals surface area contributed by atoms with Gasteiger partial charge in [0.2, 0.25) is 5.91 Å². The van der Waals surface area contributed by atoms with Gasteiger partial charge < -0.3 is 16.0 Å². The molecule has 3 N–H and O–H groups in total. The number of anilines is 2. The molecule has 3 amide bonds. The normalized spacial score (nSPS) is 11.0. The number of nitrogens with one attached hydrogen (secondary N) is 3. The van der Waals surface area contributed by atoms with Crippen molar-refractivity contribution in [3.05, 3.63) is 129 Å². The average Bonchev–Trinajstić information content (AvgIpc) is 2.94. The van der Waals surface area contributed by atoms with Crippen LogP contribution in [0.1, 0.15) is 15.9 Å². The first-order chi connectivity index (χ1) is 18.9. The van der Waals surface area contributed by atoms with E-state index in [9.17, 15) is 14.4 Å². The molecular formula is C30H23BrClN3O3S.